The van der Waals surface area contributed by atoms with E-state index in [1.807, 2.05) is 0 Å². The number of carbonyl (C=O) groups excluding carboxylic acids is 1. The van der Waals surface area contributed by atoms with Gasteiger partial charge in [-0.25, -0.2) is 8.70 Å². The van der Waals surface area contributed by atoms with E-state index in [2.05, 4.69) is 0 Å². The van der Waals surface area contributed by atoms with Crippen LogP contribution in [0, 0.1) is 5.82 Å². The minimum atomic E-state index is -4.10. The smallest absolute Gasteiger partial charge is 0.274 e. The number of benzene rings is 1. The van der Waals surface area contributed by atoms with Crippen molar-refractivity contribution < 1.29 is 17.6 Å². The Bertz CT molecular complexity index is 660. The number of hydrogen-bond donors (Lipinski definition) is 0. The number of hydrogen-bond acceptors (Lipinski definition) is 3. The summed E-state index contributed by atoms with van der Waals surface area (Å²) in [4.78, 5) is 11.5. The molecule has 0 radical (unpaired) electrons. The predicted molar refractivity (Wildman–Crippen MR) is 62.6 cm³/mol. The molecule has 1 heterocycles. The summed E-state index contributed by atoms with van der Waals surface area (Å²) in [6, 6.07) is 4.19. The number of halogens is 2. The SMILES string of the molecule is O=C1CC2(CCc3cc(F)ccc32)N1S(=O)(=O)Cl. The van der Waals surface area contributed by atoms with Crippen molar-refractivity contribution in [2.75, 3.05) is 0 Å². The molecule has 0 N–H and O–H groups in total. The normalized spacial score (nSPS) is 26.3. The molecule has 1 aromatic carbocycles. The molecule has 1 amide bonds. The molecule has 1 aliphatic heterocycles. The summed E-state index contributed by atoms with van der Waals surface area (Å²) in [5, 5.41) is 0. The summed E-state index contributed by atoms with van der Waals surface area (Å²) in [6.45, 7) is 0. The zero-order chi connectivity index (χ0) is 13.1. The van der Waals surface area contributed by atoms with Crippen molar-refractivity contribution in [2.24, 2.45) is 0 Å². The van der Waals surface area contributed by atoms with E-state index in [1.54, 1.807) is 6.07 Å². The molecule has 0 aromatic heterocycles. The highest BCUT2D eigenvalue weighted by molar-refractivity contribution is 8.12. The van der Waals surface area contributed by atoms with Crippen LogP contribution < -0.4 is 0 Å². The summed E-state index contributed by atoms with van der Waals surface area (Å²) in [5.41, 5.74) is 0.543. The number of nitrogens with zero attached hydrogens (tertiary/aromatic N) is 1. The topological polar surface area (TPSA) is 54.5 Å². The van der Waals surface area contributed by atoms with Crippen molar-refractivity contribution in [3.05, 3.63) is 35.1 Å². The predicted octanol–water partition coefficient (Wildman–Crippen LogP) is 1.68. The minimum Gasteiger partial charge on any atom is -0.274 e. The first-order valence-electron chi connectivity index (χ1n) is 5.41. The highest BCUT2D eigenvalue weighted by Crippen LogP contribution is 2.52. The lowest BCUT2D eigenvalue weighted by atomic mass is 9.81. The van der Waals surface area contributed by atoms with Gasteiger partial charge in [-0.2, -0.15) is 8.42 Å². The summed E-state index contributed by atoms with van der Waals surface area (Å²) in [5.74, 6) is -0.876. The van der Waals surface area contributed by atoms with Gasteiger partial charge in [0.25, 0.3) is 0 Å². The summed E-state index contributed by atoms with van der Waals surface area (Å²) >= 11 is 0. The van der Waals surface area contributed by atoms with Gasteiger partial charge in [-0.15, -0.1) is 0 Å². The Balaban J connectivity index is 2.14. The van der Waals surface area contributed by atoms with Gasteiger partial charge in [0.2, 0.25) is 5.91 Å². The maximum absolute atomic E-state index is 13.1. The van der Waals surface area contributed by atoms with Gasteiger partial charge in [0, 0.05) is 10.7 Å². The van der Waals surface area contributed by atoms with Crippen LogP contribution in [0.1, 0.15) is 24.0 Å². The maximum atomic E-state index is 13.1. The number of β-lactam (4-membered cyclic amide) rings is 1. The number of carbonyl (C=O) groups is 1. The van der Waals surface area contributed by atoms with Gasteiger partial charge in [-0.3, -0.25) is 4.79 Å². The van der Waals surface area contributed by atoms with Crippen LogP contribution in [0.2, 0.25) is 0 Å². The van der Waals surface area contributed by atoms with Crippen LogP contribution in [0.5, 0.6) is 0 Å². The second kappa shape index (κ2) is 3.45. The molecule has 1 aromatic rings. The number of amides is 1. The molecule has 18 heavy (non-hydrogen) atoms. The molecule has 7 heteroatoms. The molecule has 1 aliphatic carbocycles. The molecule has 2 aliphatic rings. The Labute approximate surface area is 108 Å². The Morgan fingerprint density at radius 1 is 1.39 bits per heavy atom. The van der Waals surface area contributed by atoms with E-state index in [-0.39, 0.29) is 12.2 Å². The van der Waals surface area contributed by atoms with E-state index >= 15 is 0 Å². The average molecular weight is 290 g/mol. The fourth-order valence-electron chi connectivity index (χ4n) is 2.97. The molecular weight excluding hydrogens is 281 g/mol. The summed E-state index contributed by atoms with van der Waals surface area (Å²) in [6.07, 6.45) is 1.12. The number of aryl methyl sites for hydroxylation is 1. The Hall–Kier alpha value is -1.14. The Morgan fingerprint density at radius 2 is 2.11 bits per heavy atom. The molecule has 1 atom stereocenters. The van der Waals surface area contributed by atoms with Crippen molar-refractivity contribution in [1.29, 1.82) is 0 Å². The van der Waals surface area contributed by atoms with E-state index in [4.69, 9.17) is 10.7 Å². The highest BCUT2D eigenvalue weighted by atomic mass is 35.7. The third kappa shape index (κ3) is 1.42. The zero-order valence-corrected chi connectivity index (χ0v) is 10.8. The van der Waals surface area contributed by atoms with E-state index in [0.717, 1.165) is 9.87 Å². The minimum absolute atomic E-state index is 0.109. The first kappa shape index (κ1) is 11.9. The first-order valence-corrected chi connectivity index (χ1v) is 7.68. The average Bonchev–Trinajstić information content (AvgIpc) is 2.55. The molecule has 1 spiro atoms. The summed E-state index contributed by atoms with van der Waals surface area (Å²) in [7, 11) is 1.20. The van der Waals surface area contributed by atoms with Crippen LogP contribution in [0.4, 0.5) is 4.39 Å². The Morgan fingerprint density at radius 3 is 2.72 bits per heavy atom. The number of fused-ring (bicyclic) bond motifs is 2. The molecule has 3 rings (SSSR count). The van der Waals surface area contributed by atoms with Gasteiger partial charge >= 0.3 is 9.24 Å². The summed E-state index contributed by atoms with van der Waals surface area (Å²) < 4.78 is 36.8. The lowest BCUT2D eigenvalue weighted by Crippen LogP contribution is -2.61. The molecule has 0 saturated carbocycles. The second-order valence-electron chi connectivity index (χ2n) is 4.61. The molecule has 0 bridgehead atoms. The monoisotopic (exact) mass is 289 g/mol. The van der Waals surface area contributed by atoms with Crippen LogP contribution in [0.15, 0.2) is 18.2 Å². The zero-order valence-electron chi connectivity index (χ0n) is 9.19. The van der Waals surface area contributed by atoms with Crippen molar-refractivity contribution in [1.82, 2.24) is 4.31 Å². The lowest BCUT2D eigenvalue weighted by Gasteiger charge is -2.47. The van der Waals surface area contributed by atoms with E-state index in [9.17, 15) is 17.6 Å². The standard InChI is InChI=1S/C11H9ClFNO3S/c12-18(16,17)14-10(15)6-11(14)4-3-7-5-8(13)1-2-9(7)11/h1-2,5H,3-4,6H2. The quantitative estimate of drug-likeness (QED) is 0.584. The van der Waals surface area contributed by atoms with Crippen molar-refractivity contribution in [3.8, 4) is 0 Å². The fourth-order valence-corrected chi connectivity index (χ4v) is 4.57. The third-order valence-corrected chi connectivity index (χ3v) is 5.06. The molecule has 4 nitrogen and oxygen atoms in total. The van der Waals surface area contributed by atoms with Crippen LogP contribution >= 0.6 is 10.7 Å². The third-order valence-electron chi connectivity index (χ3n) is 3.65. The highest BCUT2D eigenvalue weighted by Gasteiger charge is 2.59. The van der Waals surface area contributed by atoms with Crippen LogP contribution in [-0.4, -0.2) is 18.6 Å². The van der Waals surface area contributed by atoms with E-state index in [0.29, 0.717) is 18.4 Å². The van der Waals surface area contributed by atoms with E-state index < -0.39 is 20.7 Å². The van der Waals surface area contributed by atoms with Crippen molar-refractivity contribution in [2.45, 2.75) is 24.8 Å². The molecule has 1 unspecified atom stereocenters. The van der Waals surface area contributed by atoms with Gasteiger partial charge in [-0.1, -0.05) is 6.07 Å². The molecule has 1 fully saturated rings. The van der Waals surface area contributed by atoms with Crippen LogP contribution in [0.25, 0.3) is 0 Å². The Kier molecular flexibility index (Phi) is 2.29. The van der Waals surface area contributed by atoms with Crippen molar-refractivity contribution >= 4 is 25.8 Å². The van der Waals surface area contributed by atoms with Gasteiger partial charge in [-0.05, 0) is 36.1 Å². The van der Waals surface area contributed by atoms with Gasteiger partial charge in [0.1, 0.15) is 5.82 Å². The number of rotatable bonds is 1. The first-order chi connectivity index (χ1) is 8.34. The lowest BCUT2D eigenvalue weighted by molar-refractivity contribution is -0.145. The molecular formula is C11H9ClFNO3S. The fraction of sp³-hybridized carbons (Fsp3) is 0.364. The second-order valence-corrected chi connectivity index (χ2v) is 6.97. The molecule has 1 saturated heterocycles. The van der Waals surface area contributed by atoms with Gasteiger partial charge < -0.3 is 0 Å². The maximum Gasteiger partial charge on any atom is 0.324 e. The van der Waals surface area contributed by atoms with E-state index in [1.165, 1.54) is 12.1 Å². The largest absolute Gasteiger partial charge is 0.324 e. The van der Waals surface area contributed by atoms with Crippen LogP contribution in [-0.2, 0) is 26.0 Å². The van der Waals surface area contributed by atoms with Gasteiger partial charge in [0.15, 0.2) is 0 Å². The van der Waals surface area contributed by atoms with Gasteiger partial charge in [0.05, 0.1) is 12.0 Å². The van der Waals surface area contributed by atoms with Crippen molar-refractivity contribution in [3.63, 3.8) is 0 Å². The molecule has 96 valence electrons. The van der Waals surface area contributed by atoms with Crippen LogP contribution in [0.3, 0.4) is 0 Å².